The minimum absolute atomic E-state index is 0.541. The third-order valence-corrected chi connectivity index (χ3v) is 3.85. The normalized spacial score (nSPS) is 12.8. The maximum atomic E-state index is 10.2. The van der Waals surface area contributed by atoms with Gasteiger partial charge in [0.1, 0.15) is 10.4 Å². The molecule has 0 aliphatic carbocycles. The smallest absolute Gasteiger partial charge is 0.106 e. The zero-order valence-corrected chi connectivity index (χ0v) is 10.9. The van der Waals surface area contributed by atoms with Crippen molar-refractivity contribution in [1.29, 1.82) is 0 Å². The molecular formula is C12H10Cl2OS. The number of hydrogen-bond donors (Lipinski definition) is 1. The molecule has 0 amide bonds. The number of aryl methyl sites for hydroxylation is 1. The van der Waals surface area contributed by atoms with Gasteiger partial charge in [-0.05, 0) is 18.6 Å². The first-order chi connectivity index (χ1) is 7.58. The maximum absolute atomic E-state index is 10.2. The third-order valence-electron chi connectivity index (χ3n) is 2.34. The minimum Gasteiger partial charge on any atom is -0.384 e. The molecule has 0 saturated carbocycles. The molecule has 84 valence electrons. The van der Waals surface area contributed by atoms with E-state index in [1.54, 1.807) is 6.07 Å². The van der Waals surface area contributed by atoms with E-state index in [2.05, 4.69) is 0 Å². The van der Waals surface area contributed by atoms with Crippen LogP contribution in [0.2, 0.25) is 8.67 Å². The van der Waals surface area contributed by atoms with Crippen LogP contribution in [0.4, 0.5) is 0 Å². The lowest BCUT2D eigenvalue weighted by atomic mass is 10.0. The van der Waals surface area contributed by atoms with Gasteiger partial charge < -0.3 is 5.11 Å². The Hall–Kier alpha value is -0.540. The number of aliphatic hydroxyl groups excluding tert-OH is 1. The van der Waals surface area contributed by atoms with Crippen LogP contribution < -0.4 is 0 Å². The maximum Gasteiger partial charge on any atom is 0.106 e. The summed E-state index contributed by atoms with van der Waals surface area (Å²) in [6.45, 7) is 1.98. The Morgan fingerprint density at radius 2 is 2.00 bits per heavy atom. The molecular weight excluding hydrogens is 263 g/mol. The molecule has 0 spiro atoms. The van der Waals surface area contributed by atoms with Crippen LogP contribution in [0.3, 0.4) is 0 Å². The van der Waals surface area contributed by atoms with Crippen LogP contribution in [0.5, 0.6) is 0 Å². The molecule has 1 atom stereocenters. The van der Waals surface area contributed by atoms with E-state index in [1.807, 2.05) is 31.2 Å². The Labute approximate surface area is 108 Å². The Morgan fingerprint density at radius 1 is 1.25 bits per heavy atom. The van der Waals surface area contributed by atoms with E-state index >= 15 is 0 Å². The van der Waals surface area contributed by atoms with Crippen molar-refractivity contribution >= 4 is 34.5 Å². The molecule has 0 aliphatic heterocycles. The third kappa shape index (κ3) is 2.41. The zero-order chi connectivity index (χ0) is 11.7. The SMILES string of the molecule is Cc1cccc(C(O)c2cc(Cl)sc2Cl)c1. The molecule has 2 aromatic rings. The molecule has 0 saturated heterocycles. The molecule has 1 nitrogen and oxygen atoms in total. The molecule has 1 N–H and O–H groups in total. The largest absolute Gasteiger partial charge is 0.384 e. The summed E-state index contributed by atoms with van der Waals surface area (Å²) in [6.07, 6.45) is -0.712. The summed E-state index contributed by atoms with van der Waals surface area (Å²) in [5, 5.41) is 10.2. The number of thiophene rings is 1. The minimum atomic E-state index is -0.712. The van der Waals surface area contributed by atoms with Gasteiger partial charge >= 0.3 is 0 Å². The molecule has 0 radical (unpaired) electrons. The monoisotopic (exact) mass is 272 g/mol. The fourth-order valence-corrected chi connectivity index (χ4v) is 3.08. The topological polar surface area (TPSA) is 20.2 Å². The first kappa shape index (κ1) is 11.9. The van der Waals surface area contributed by atoms with Crippen molar-refractivity contribution in [2.75, 3.05) is 0 Å². The van der Waals surface area contributed by atoms with Gasteiger partial charge in [-0.25, -0.2) is 0 Å². The number of benzene rings is 1. The standard InChI is InChI=1S/C12H10Cl2OS/c1-7-3-2-4-8(5-7)11(15)9-6-10(13)16-12(9)14/h2-6,11,15H,1H3. The van der Waals surface area contributed by atoms with Crippen molar-refractivity contribution in [2.45, 2.75) is 13.0 Å². The van der Waals surface area contributed by atoms with Gasteiger partial charge in [0.2, 0.25) is 0 Å². The second-order valence-electron chi connectivity index (χ2n) is 3.60. The van der Waals surface area contributed by atoms with Gasteiger partial charge in [0.15, 0.2) is 0 Å². The molecule has 1 aromatic heterocycles. The fourth-order valence-electron chi connectivity index (χ4n) is 1.56. The number of rotatable bonds is 2. The summed E-state index contributed by atoms with van der Waals surface area (Å²) in [4.78, 5) is 0. The van der Waals surface area contributed by atoms with E-state index in [0.29, 0.717) is 14.2 Å². The fraction of sp³-hybridized carbons (Fsp3) is 0.167. The summed E-state index contributed by atoms with van der Waals surface area (Å²) >= 11 is 13.1. The summed E-state index contributed by atoms with van der Waals surface area (Å²) in [5.41, 5.74) is 2.60. The predicted octanol–water partition coefficient (Wildman–Crippen LogP) is 4.45. The second-order valence-corrected chi connectivity index (χ2v) is 5.88. The van der Waals surface area contributed by atoms with Crippen LogP contribution >= 0.6 is 34.5 Å². The Morgan fingerprint density at radius 3 is 2.56 bits per heavy atom. The molecule has 0 fully saturated rings. The summed E-state index contributed by atoms with van der Waals surface area (Å²) in [5.74, 6) is 0. The molecule has 4 heteroatoms. The summed E-state index contributed by atoms with van der Waals surface area (Å²) in [6, 6.07) is 9.42. The number of hydrogen-bond acceptors (Lipinski definition) is 2. The van der Waals surface area contributed by atoms with Crippen molar-refractivity contribution < 1.29 is 5.11 Å². The van der Waals surface area contributed by atoms with E-state index in [1.165, 1.54) is 11.3 Å². The summed E-state index contributed by atoms with van der Waals surface area (Å²) < 4.78 is 1.13. The second kappa shape index (κ2) is 4.76. The van der Waals surface area contributed by atoms with Crippen molar-refractivity contribution in [3.8, 4) is 0 Å². The van der Waals surface area contributed by atoms with Gasteiger partial charge in [-0.15, -0.1) is 11.3 Å². The molecule has 0 aliphatic rings. The van der Waals surface area contributed by atoms with Crippen molar-refractivity contribution in [3.05, 3.63) is 55.7 Å². The van der Waals surface area contributed by atoms with E-state index in [0.717, 1.165) is 11.1 Å². The van der Waals surface area contributed by atoms with Gasteiger partial charge in [-0.3, -0.25) is 0 Å². The lowest BCUT2D eigenvalue weighted by Crippen LogP contribution is -1.98. The number of aliphatic hydroxyl groups is 1. The van der Waals surface area contributed by atoms with E-state index < -0.39 is 6.10 Å². The van der Waals surface area contributed by atoms with Gasteiger partial charge in [-0.1, -0.05) is 53.0 Å². The average Bonchev–Trinajstić information content (AvgIpc) is 2.57. The Kier molecular flexibility index (Phi) is 3.55. The quantitative estimate of drug-likeness (QED) is 0.857. The van der Waals surface area contributed by atoms with Gasteiger partial charge in [0.05, 0.1) is 4.34 Å². The lowest BCUT2D eigenvalue weighted by Gasteiger charge is -2.10. The molecule has 0 bridgehead atoms. The van der Waals surface area contributed by atoms with Crippen LogP contribution in [0.25, 0.3) is 0 Å². The predicted molar refractivity (Wildman–Crippen MR) is 69.6 cm³/mol. The molecule has 16 heavy (non-hydrogen) atoms. The molecule has 2 rings (SSSR count). The van der Waals surface area contributed by atoms with Gasteiger partial charge in [-0.2, -0.15) is 0 Å². The van der Waals surface area contributed by atoms with E-state index in [9.17, 15) is 5.11 Å². The van der Waals surface area contributed by atoms with Crippen LogP contribution in [0.1, 0.15) is 22.8 Å². The molecule has 1 heterocycles. The highest BCUT2D eigenvalue weighted by Gasteiger charge is 2.16. The lowest BCUT2D eigenvalue weighted by molar-refractivity contribution is 0.221. The van der Waals surface area contributed by atoms with Gasteiger partial charge in [0.25, 0.3) is 0 Å². The average molecular weight is 273 g/mol. The van der Waals surface area contributed by atoms with Crippen molar-refractivity contribution in [1.82, 2.24) is 0 Å². The first-order valence-corrected chi connectivity index (χ1v) is 6.34. The van der Waals surface area contributed by atoms with Crippen molar-refractivity contribution in [2.24, 2.45) is 0 Å². The van der Waals surface area contributed by atoms with Crippen LogP contribution in [-0.2, 0) is 0 Å². The van der Waals surface area contributed by atoms with E-state index in [-0.39, 0.29) is 0 Å². The zero-order valence-electron chi connectivity index (χ0n) is 8.58. The first-order valence-electron chi connectivity index (χ1n) is 4.77. The highest BCUT2D eigenvalue weighted by atomic mass is 35.5. The Balaban J connectivity index is 2.38. The van der Waals surface area contributed by atoms with Crippen LogP contribution in [0, 0.1) is 6.92 Å². The highest BCUT2D eigenvalue weighted by Crippen LogP contribution is 2.37. The van der Waals surface area contributed by atoms with E-state index in [4.69, 9.17) is 23.2 Å². The molecule has 1 unspecified atom stereocenters. The highest BCUT2D eigenvalue weighted by molar-refractivity contribution is 7.20. The Bertz CT molecular complexity index is 507. The van der Waals surface area contributed by atoms with Crippen LogP contribution in [0.15, 0.2) is 30.3 Å². The number of halogens is 2. The van der Waals surface area contributed by atoms with Gasteiger partial charge in [0, 0.05) is 5.56 Å². The van der Waals surface area contributed by atoms with Crippen LogP contribution in [-0.4, -0.2) is 5.11 Å². The van der Waals surface area contributed by atoms with Crippen molar-refractivity contribution in [3.63, 3.8) is 0 Å². The summed E-state index contributed by atoms with van der Waals surface area (Å²) in [7, 11) is 0. The molecule has 1 aromatic carbocycles.